The Balaban J connectivity index is 1.56. The van der Waals surface area contributed by atoms with E-state index in [-0.39, 0.29) is 36.1 Å². The number of benzene rings is 2. The first-order chi connectivity index (χ1) is 15.2. The van der Waals surface area contributed by atoms with E-state index in [1.54, 1.807) is 30.3 Å². The molecule has 2 aromatic rings. The van der Waals surface area contributed by atoms with Crippen molar-refractivity contribution < 1.29 is 27.0 Å². The second kappa shape index (κ2) is 8.22. The van der Waals surface area contributed by atoms with Crippen LogP contribution in [0.2, 0.25) is 0 Å². The number of rotatable bonds is 5. The first-order valence-electron chi connectivity index (χ1n) is 9.93. The molecule has 2 unspecified atom stereocenters. The first kappa shape index (κ1) is 21.7. The quantitative estimate of drug-likeness (QED) is 0.421. The molecule has 1 N–H and O–H groups in total. The lowest BCUT2D eigenvalue weighted by Gasteiger charge is -2.29. The van der Waals surface area contributed by atoms with Gasteiger partial charge >= 0.3 is 0 Å². The van der Waals surface area contributed by atoms with E-state index < -0.39 is 28.2 Å². The second-order valence-electron chi connectivity index (χ2n) is 7.73. The molecule has 4 rings (SSSR count). The molecule has 2 atom stereocenters. The monoisotopic (exact) mass is 452 g/mol. The number of amides is 3. The molecule has 9 heteroatoms. The fourth-order valence-corrected chi connectivity index (χ4v) is 4.82. The van der Waals surface area contributed by atoms with Crippen molar-refractivity contribution in [1.29, 1.82) is 0 Å². The van der Waals surface area contributed by atoms with Crippen LogP contribution in [-0.4, -0.2) is 37.1 Å². The largest absolute Gasteiger partial charge is 0.322 e. The molecule has 2 aliphatic rings. The minimum Gasteiger partial charge on any atom is -0.322 e. The number of terminal acetylenes is 1. The van der Waals surface area contributed by atoms with E-state index in [9.17, 15) is 22.8 Å². The van der Waals surface area contributed by atoms with Crippen LogP contribution >= 0.6 is 0 Å². The van der Waals surface area contributed by atoms with Crippen LogP contribution in [0.15, 0.2) is 47.4 Å². The Morgan fingerprint density at radius 1 is 1.16 bits per heavy atom. The van der Waals surface area contributed by atoms with Gasteiger partial charge in [0, 0.05) is 18.5 Å². The average molecular weight is 452 g/mol. The summed E-state index contributed by atoms with van der Waals surface area (Å²) in [6, 6.07) is 10.2. The van der Waals surface area contributed by atoms with Crippen LogP contribution in [0.25, 0.3) is 0 Å². The predicted octanol–water partition coefficient (Wildman–Crippen LogP) is 1.84. The van der Waals surface area contributed by atoms with Crippen LogP contribution in [0.5, 0.6) is 0 Å². The average Bonchev–Trinajstić information content (AvgIpc) is 3.08. The standard InChI is InChI=1S/C23H20N2O6S/c1-3-20(31-32(29,30)17-7-4-14(2)5-8-17)15-6-9-18-16(12-15)13-25(23(18)28)19-10-11-21(26)24-22(19)27/h1,4-9,12,19-20H,10-11,13H2,2H3,(H,24,26,27). The highest BCUT2D eigenvalue weighted by molar-refractivity contribution is 7.86. The van der Waals surface area contributed by atoms with Crippen LogP contribution in [-0.2, 0) is 30.4 Å². The molecule has 32 heavy (non-hydrogen) atoms. The number of aryl methyl sites for hydroxylation is 1. The number of carbonyl (C=O) groups excluding carboxylic acids is 3. The number of nitrogens with zero attached hydrogens (tertiary/aromatic N) is 1. The van der Waals surface area contributed by atoms with E-state index in [4.69, 9.17) is 10.6 Å². The van der Waals surface area contributed by atoms with Crippen molar-refractivity contribution in [3.8, 4) is 12.3 Å². The lowest BCUT2D eigenvalue weighted by Crippen LogP contribution is -2.52. The SMILES string of the molecule is C#CC(OS(=O)(=O)c1ccc(C)cc1)c1ccc2c(c1)CN(C1CCC(=O)NC1=O)C2=O. The van der Waals surface area contributed by atoms with Crippen LogP contribution in [0.4, 0.5) is 0 Å². The smallest absolute Gasteiger partial charge is 0.298 e. The number of hydrogen-bond acceptors (Lipinski definition) is 6. The molecule has 0 aliphatic carbocycles. The Labute approximate surface area is 185 Å². The molecular formula is C23H20N2O6S. The summed E-state index contributed by atoms with van der Waals surface area (Å²) in [6.07, 6.45) is 4.78. The molecule has 0 radical (unpaired) electrons. The predicted molar refractivity (Wildman–Crippen MR) is 114 cm³/mol. The van der Waals surface area contributed by atoms with Gasteiger partial charge in [-0.25, -0.2) is 4.18 Å². The number of piperidine rings is 1. The zero-order chi connectivity index (χ0) is 23.0. The highest BCUT2D eigenvalue weighted by atomic mass is 32.2. The van der Waals surface area contributed by atoms with E-state index in [0.717, 1.165) is 5.56 Å². The summed E-state index contributed by atoms with van der Waals surface area (Å²) in [5, 5.41) is 2.25. The van der Waals surface area contributed by atoms with E-state index >= 15 is 0 Å². The fraction of sp³-hybridized carbons (Fsp3) is 0.261. The van der Waals surface area contributed by atoms with Crippen molar-refractivity contribution in [1.82, 2.24) is 10.2 Å². The van der Waals surface area contributed by atoms with Gasteiger partial charge in [0.25, 0.3) is 16.0 Å². The van der Waals surface area contributed by atoms with Gasteiger partial charge in [-0.1, -0.05) is 29.7 Å². The summed E-state index contributed by atoms with van der Waals surface area (Å²) in [4.78, 5) is 37.8. The lowest BCUT2D eigenvalue weighted by atomic mass is 10.0. The molecule has 164 valence electrons. The minimum absolute atomic E-state index is 0.0104. The Hall–Kier alpha value is -3.48. The Morgan fingerprint density at radius 2 is 1.88 bits per heavy atom. The van der Waals surface area contributed by atoms with Crippen molar-refractivity contribution in [2.75, 3.05) is 0 Å². The fourth-order valence-electron chi connectivity index (χ4n) is 3.82. The maximum atomic E-state index is 12.8. The summed E-state index contributed by atoms with van der Waals surface area (Å²) in [6.45, 7) is 1.99. The van der Waals surface area contributed by atoms with Gasteiger partial charge in [0.05, 0.1) is 4.90 Å². The van der Waals surface area contributed by atoms with Gasteiger partial charge in [-0.2, -0.15) is 8.42 Å². The molecule has 2 aliphatic heterocycles. The summed E-state index contributed by atoms with van der Waals surface area (Å²) in [5.41, 5.74) is 2.31. The van der Waals surface area contributed by atoms with E-state index in [0.29, 0.717) is 16.7 Å². The number of hydrogen-bond donors (Lipinski definition) is 1. The third kappa shape index (κ3) is 4.02. The molecule has 2 aromatic carbocycles. The van der Waals surface area contributed by atoms with Crippen molar-refractivity contribution in [3.05, 3.63) is 64.7 Å². The highest BCUT2D eigenvalue weighted by Crippen LogP contribution is 2.31. The number of carbonyl (C=O) groups is 3. The van der Waals surface area contributed by atoms with E-state index in [1.165, 1.54) is 17.0 Å². The topological polar surface area (TPSA) is 110 Å². The molecule has 8 nitrogen and oxygen atoms in total. The molecule has 0 bridgehead atoms. The summed E-state index contributed by atoms with van der Waals surface area (Å²) in [5.74, 6) is 1.15. The van der Waals surface area contributed by atoms with Crippen LogP contribution in [0, 0.1) is 19.3 Å². The molecule has 1 fully saturated rings. The third-order valence-electron chi connectivity index (χ3n) is 5.53. The molecular weight excluding hydrogens is 432 g/mol. The molecule has 0 saturated carbocycles. The van der Waals surface area contributed by atoms with Crippen molar-refractivity contribution >= 4 is 27.8 Å². The Bertz CT molecular complexity index is 1260. The third-order valence-corrected chi connectivity index (χ3v) is 6.83. The van der Waals surface area contributed by atoms with Crippen molar-refractivity contribution in [2.45, 2.75) is 43.4 Å². The van der Waals surface area contributed by atoms with Crippen molar-refractivity contribution in [3.63, 3.8) is 0 Å². The first-order valence-corrected chi connectivity index (χ1v) is 11.3. The molecule has 3 amide bonds. The van der Waals surface area contributed by atoms with Crippen molar-refractivity contribution in [2.24, 2.45) is 0 Å². The normalized spacial score (nSPS) is 19.3. The van der Waals surface area contributed by atoms with Gasteiger partial charge in [0.15, 0.2) is 6.10 Å². The zero-order valence-electron chi connectivity index (χ0n) is 17.2. The minimum atomic E-state index is -4.11. The van der Waals surface area contributed by atoms with E-state index in [1.807, 2.05) is 6.92 Å². The maximum absolute atomic E-state index is 12.8. The van der Waals surface area contributed by atoms with Crippen LogP contribution in [0.1, 0.15) is 46.0 Å². The number of fused-ring (bicyclic) bond motifs is 1. The summed E-state index contributed by atoms with van der Waals surface area (Å²) in [7, 11) is -4.11. The maximum Gasteiger partial charge on any atom is 0.298 e. The Kier molecular flexibility index (Phi) is 5.59. The van der Waals surface area contributed by atoms with Gasteiger partial charge < -0.3 is 4.90 Å². The van der Waals surface area contributed by atoms with Gasteiger partial charge in [-0.05, 0) is 48.7 Å². The van der Waals surface area contributed by atoms with Crippen LogP contribution < -0.4 is 5.32 Å². The van der Waals surface area contributed by atoms with Gasteiger partial charge in [0.2, 0.25) is 11.8 Å². The highest BCUT2D eigenvalue weighted by Gasteiger charge is 2.39. The summed E-state index contributed by atoms with van der Waals surface area (Å²) >= 11 is 0. The number of nitrogens with one attached hydrogen (secondary N) is 1. The van der Waals surface area contributed by atoms with Gasteiger partial charge in [0.1, 0.15) is 6.04 Å². The van der Waals surface area contributed by atoms with Gasteiger partial charge in [-0.15, -0.1) is 6.42 Å². The molecule has 0 spiro atoms. The molecule has 1 saturated heterocycles. The van der Waals surface area contributed by atoms with E-state index in [2.05, 4.69) is 11.2 Å². The number of imide groups is 1. The molecule has 2 heterocycles. The zero-order valence-corrected chi connectivity index (χ0v) is 18.0. The lowest BCUT2D eigenvalue weighted by molar-refractivity contribution is -0.136. The summed E-state index contributed by atoms with van der Waals surface area (Å²) < 4.78 is 30.6. The molecule has 0 aromatic heterocycles. The van der Waals surface area contributed by atoms with Gasteiger partial charge in [-0.3, -0.25) is 19.7 Å². The van der Waals surface area contributed by atoms with Crippen LogP contribution in [0.3, 0.4) is 0 Å². The Morgan fingerprint density at radius 3 is 2.53 bits per heavy atom. The second-order valence-corrected chi connectivity index (χ2v) is 9.30.